The zero-order valence-electron chi connectivity index (χ0n) is 10.7. The van der Waals surface area contributed by atoms with Gasteiger partial charge >= 0.3 is 0 Å². The van der Waals surface area contributed by atoms with Crippen molar-refractivity contribution in [3.8, 4) is 0 Å². The molecular formula is C13H16N4O. The van der Waals surface area contributed by atoms with Crippen LogP contribution in [0.5, 0.6) is 0 Å². The number of nitrogens with zero attached hydrogens (tertiary/aromatic N) is 2. The average molecular weight is 244 g/mol. The van der Waals surface area contributed by atoms with Crippen LogP contribution in [0.15, 0.2) is 23.0 Å². The van der Waals surface area contributed by atoms with E-state index in [0.29, 0.717) is 11.6 Å². The topological polar surface area (TPSA) is 70.7 Å². The standard InChI is InChI=1S/C13H16N4O/c1-4-10-7-5-6-8(2)11(10)14-13-15-12(18)9(3)16-17-13/h5-7H,4H2,1-3H3,(H2,14,15,17,18). The van der Waals surface area contributed by atoms with Crippen LogP contribution in [0.25, 0.3) is 0 Å². The fourth-order valence-corrected chi connectivity index (χ4v) is 1.77. The van der Waals surface area contributed by atoms with Gasteiger partial charge in [0.2, 0.25) is 5.95 Å². The second kappa shape index (κ2) is 5.00. The Morgan fingerprint density at radius 1 is 1.28 bits per heavy atom. The van der Waals surface area contributed by atoms with Crippen LogP contribution in [0.3, 0.4) is 0 Å². The lowest BCUT2D eigenvalue weighted by molar-refractivity contribution is 0.906. The summed E-state index contributed by atoms with van der Waals surface area (Å²) in [5.74, 6) is 0.370. The highest BCUT2D eigenvalue weighted by atomic mass is 16.1. The molecule has 5 nitrogen and oxygen atoms in total. The molecule has 0 saturated carbocycles. The predicted octanol–water partition coefficient (Wildman–Crippen LogP) is 2.09. The molecule has 0 aliphatic carbocycles. The average Bonchev–Trinajstić information content (AvgIpc) is 2.36. The van der Waals surface area contributed by atoms with E-state index in [1.54, 1.807) is 6.92 Å². The maximum absolute atomic E-state index is 11.5. The van der Waals surface area contributed by atoms with E-state index in [0.717, 1.165) is 17.7 Å². The summed E-state index contributed by atoms with van der Waals surface area (Å²) >= 11 is 0. The zero-order chi connectivity index (χ0) is 13.1. The number of hydrogen-bond donors (Lipinski definition) is 2. The summed E-state index contributed by atoms with van der Waals surface area (Å²) in [6.45, 7) is 5.73. The fourth-order valence-electron chi connectivity index (χ4n) is 1.77. The van der Waals surface area contributed by atoms with Gasteiger partial charge < -0.3 is 5.32 Å². The number of aromatic nitrogens is 3. The molecule has 1 aromatic carbocycles. The van der Waals surface area contributed by atoms with E-state index in [1.165, 1.54) is 5.56 Å². The van der Waals surface area contributed by atoms with Gasteiger partial charge in [0.1, 0.15) is 5.69 Å². The van der Waals surface area contributed by atoms with Gasteiger partial charge in [-0.25, -0.2) is 0 Å². The molecule has 5 heteroatoms. The first-order valence-electron chi connectivity index (χ1n) is 5.91. The summed E-state index contributed by atoms with van der Waals surface area (Å²) in [5.41, 5.74) is 3.41. The minimum Gasteiger partial charge on any atom is -0.324 e. The van der Waals surface area contributed by atoms with Crippen molar-refractivity contribution in [3.05, 3.63) is 45.4 Å². The van der Waals surface area contributed by atoms with Crippen LogP contribution in [-0.4, -0.2) is 15.2 Å². The quantitative estimate of drug-likeness (QED) is 0.867. The van der Waals surface area contributed by atoms with Crippen molar-refractivity contribution >= 4 is 11.6 Å². The van der Waals surface area contributed by atoms with Gasteiger partial charge in [0.25, 0.3) is 5.56 Å². The second-order valence-corrected chi connectivity index (χ2v) is 4.18. The summed E-state index contributed by atoms with van der Waals surface area (Å²) < 4.78 is 0. The molecule has 2 rings (SSSR count). The van der Waals surface area contributed by atoms with Gasteiger partial charge in [-0.1, -0.05) is 25.1 Å². The lowest BCUT2D eigenvalue weighted by atomic mass is 10.1. The summed E-state index contributed by atoms with van der Waals surface area (Å²) in [5, 5.41) is 10.9. The van der Waals surface area contributed by atoms with Crippen molar-refractivity contribution in [2.24, 2.45) is 0 Å². The minimum atomic E-state index is -0.223. The smallest absolute Gasteiger partial charge is 0.273 e. The lowest BCUT2D eigenvalue weighted by Crippen LogP contribution is -2.16. The first-order valence-corrected chi connectivity index (χ1v) is 5.91. The lowest BCUT2D eigenvalue weighted by Gasteiger charge is -2.12. The first kappa shape index (κ1) is 12.3. The SMILES string of the molecule is CCc1cccc(C)c1Nc1nnc(C)c(=O)[nH]1. The van der Waals surface area contributed by atoms with Crippen LogP contribution in [0, 0.1) is 13.8 Å². The second-order valence-electron chi connectivity index (χ2n) is 4.18. The van der Waals surface area contributed by atoms with Crippen molar-refractivity contribution in [1.82, 2.24) is 15.2 Å². The van der Waals surface area contributed by atoms with Crippen molar-refractivity contribution in [2.75, 3.05) is 5.32 Å². The van der Waals surface area contributed by atoms with Crippen molar-refractivity contribution in [1.29, 1.82) is 0 Å². The van der Waals surface area contributed by atoms with E-state index in [2.05, 4.69) is 33.5 Å². The molecule has 0 spiro atoms. The van der Waals surface area contributed by atoms with E-state index < -0.39 is 0 Å². The van der Waals surface area contributed by atoms with E-state index in [-0.39, 0.29) is 5.56 Å². The van der Waals surface area contributed by atoms with Crippen molar-refractivity contribution in [3.63, 3.8) is 0 Å². The van der Waals surface area contributed by atoms with Gasteiger partial charge in [-0.05, 0) is 31.4 Å². The molecule has 2 aromatic rings. The van der Waals surface area contributed by atoms with Crippen molar-refractivity contribution < 1.29 is 0 Å². The van der Waals surface area contributed by atoms with E-state index in [1.807, 2.05) is 19.1 Å². The van der Waals surface area contributed by atoms with Gasteiger partial charge in [-0.15, -0.1) is 10.2 Å². The Morgan fingerprint density at radius 2 is 2.06 bits per heavy atom. The number of anilines is 2. The Balaban J connectivity index is 2.39. The third-order valence-electron chi connectivity index (χ3n) is 2.84. The zero-order valence-corrected chi connectivity index (χ0v) is 10.7. The van der Waals surface area contributed by atoms with E-state index in [9.17, 15) is 4.79 Å². The van der Waals surface area contributed by atoms with Gasteiger partial charge in [-0.3, -0.25) is 9.78 Å². The van der Waals surface area contributed by atoms with Gasteiger partial charge in [0.15, 0.2) is 0 Å². The third kappa shape index (κ3) is 2.40. The monoisotopic (exact) mass is 244 g/mol. The molecule has 0 bridgehead atoms. The summed E-state index contributed by atoms with van der Waals surface area (Å²) in [6.07, 6.45) is 0.910. The minimum absolute atomic E-state index is 0.223. The van der Waals surface area contributed by atoms with Crippen LogP contribution in [0.1, 0.15) is 23.7 Å². The molecule has 0 fully saturated rings. The molecule has 0 radical (unpaired) electrons. The molecule has 0 amide bonds. The number of para-hydroxylation sites is 1. The summed E-state index contributed by atoms with van der Waals surface area (Å²) in [7, 11) is 0. The molecule has 1 aromatic heterocycles. The number of nitrogens with one attached hydrogen (secondary N) is 2. The van der Waals surface area contributed by atoms with Crippen LogP contribution in [0.4, 0.5) is 11.6 Å². The molecule has 1 heterocycles. The number of benzene rings is 1. The number of H-pyrrole nitrogens is 1. The Bertz CT molecular complexity index is 619. The highest BCUT2D eigenvalue weighted by Gasteiger charge is 2.06. The Morgan fingerprint density at radius 3 is 2.72 bits per heavy atom. The maximum atomic E-state index is 11.5. The Labute approximate surface area is 105 Å². The molecule has 0 saturated heterocycles. The molecule has 2 N–H and O–H groups in total. The molecular weight excluding hydrogens is 228 g/mol. The summed E-state index contributed by atoms with van der Waals surface area (Å²) in [6, 6.07) is 6.08. The van der Waals surface area contributed by atoms with Gasteiger partial charge in [-0.2, -0.15) is 0 Å². The Hall–Kier alpha value is -2.17. The van der Waals surface area contributed by atoms with Crippen LogP contribution in [0.2, 0.25) is 0 Å². The van der Waals surface area contributed by atoms with Crippen LogP contribution in [-0.2, 0) is 6.42 Å². The highest BCUT2D eigenvalue weighted by molar-refractivity contribution is 5.62. The molecule has 0 aliphatic rings. The number of rotatable bonds is 3. The highest BCUT2D eigenvalue weighted by Crippen LogP contribution is 2.23. The molecule has 0 aliphatic heterocycles. The fraction of sp³-hybridized carbons (Fsp3) is 0.308. The van der Waals surface area contributed by atoms with E-state index >= 15 is 0 Å². The predicted molar refractivity (Wildman–Crippen MR) is 71.2 cm³/mol. The van der Waals surface area contributed by atoms with E-state index in [4.69, 9.17) is 0 Å². The van der Waals surface area contributed by atoms with Gasteiger partial charge in [0, 0.05) is 5.69 Å². The number of aromatic amines is 1. The Kier molecular flexibility index (Phi) is 3.41. The molecule has 0 atom stereocenters. The van der Waals surface area contributed by atoms with Crippen LogP contribution < -0.4 is 10.9 Å². The molecule has 94 valence electrons. The molecule has 18 heavy (non-hydrogen) atoms. The van der Waals surface area contributed by atoms with Gasteiger partial charge in [0.05, 0.1) is 0 Å². The van der Waals surface area contributed by atoms with Crippen molar-refractivity contribution in [2.45, 2.75) is 27.2 Å². The largest absolute Gasteiger partial charge is 0.324 e. The first-order chi connectivity index (χ1) is 8.61. The normalized spacial score (nSPS) is 10.4. The third-order valence-corrected chi connectivity index (χ3v) is 2.84. The van der Waals surface area contributed by atoms with Crippen LogP contribution >= 0.6 is 0 Å². The number of aryl methyl sites for hydroxylation is 3. The molecule has 0 unspecified atom stereocenters. The number of hydrogen-bond acceptors (Lipinski definition) is 4. The maximum Gasteiger partial charge on any atom is 0.273 e. The summed E-state index contributed by atoms with van der Waals surface area (Å²) in [4.78, 5) is 14.1.